The summed E-state index contributed by atoms with van der Waals surface area (Å²) < 4.78 is 0. The van der Waals surface area contributed by atoms with Crippen molar-refractivity contribution in [3.05, 3.63) is 47.5 Å². The number of aromatic nitrogens is 2. The third kappa shape index (κ3) is 4.30. The summed E-state index contributed by atoms with van der Waals surface area (Å²) in [6.45, 7) is 10.7. The Hall–Kier alpha value is -2.10. The van der Waals surface area contributed by atoms with Crippen LogP contribution in [0.3, 0.4) is 0 Å². The van der Waals surface area contributed by atoms with Crippen LogP contribution >= 0.6 is 0 Å². The molecule has 0 radical (unpaired) electrons. The molecule has 1 aliphatic rings. The van der Waals surface area contributed by atoms with Crippen molar-refractivity contribution in [2.75, 3.05) is 18.0 Å². The molecule has 1 aliphatic heterocycles. The van der Waals surface area contributed by atoms with Gasteiger partial charge in [-0.1, -0.05) is 32.9 Å². The van der Waals surface area contributed by atoms with Crippen molar-refractivity contribution in [1.29, 1.82) is 0 Å². The van der Waals surface area contributed by atoms with Crippen LogP contribution in [0.25, 0.3) is 0 Å². The fourth-order valence-corrected chi connectivity index (χ4v) is 3.43. The lowest BCUT2D eigenvalue weighted by molar-refractivity contribution is 0.394. The highest BCUT2D eigenvalue weighted by Gasteiger charge is 2.21. The topological polar surface area (TPSA) is 49.2 Å². The number of hydrogen-bond donors (Lipinski definition) is 1. The molecule has 2 aromatic rings. The van der Waals surface area contributed by atoms with Gasteiger partial charge in [0.25, 0.3) is 0 Å². The molecule has 0 saturated carbocycles. The highest BCUT2D eigenvalue weighted by atomic mass is 16.3. The molecular formula is C21H29N3O. The monoisotopic (exact) mass is 339 g/mol. The predicted molar refractivity (Wildman–Crippen MR) is 102 cm³/mol. The summed E-state index contributed by atoms with van der Waals surface area (Å²) in [4.78, 5) is 11.1. The molecule has 0 spiro atoms. The highest BCUT2D eigenvalue weighted by Crippen LogP contribution is 2.28. The van der Waals surface area contributed by atoms with E-state index in [2.05, 4.69) is 59.9 Å². The Morgan fingerprint density at radius 3 is 2.32 bits per heavy atom. The molecule has 0 amide bonds. The fourth-order valence-electron chi connectivity index (χ4n) is 3.43. The quantitative estimate of drug-likeness (QED) is 0.908. The van der Waals surface area contributed by atoms with Gasteiger partial charge in [-0.2, -0.15) is 0 Å². The summed E-state index contributed by atoms with van der Waals surface area (Å²) in [7, 11) is 0. The molecule has 0 aliphatic carbocycles. The zero-order valence-corrected chi connectivity index (χ0v) is 15.8. The number of benzene rings is 1. The van der Waals surface area contributed by atoms with Gasteiger partial charge in [0.05, 0.1) is 11.9 Å². The van der Waals surface area contributed by atoms with E-state index in [1.165, 1.54) is 17.4 Å². The van der Waals surface area contributed by atoms with Crippen molar-refractivity contribution in [2.24, 2.45) is 5.92 Å². The lowest BCUT2D eigenvalue weighted by atomic mass is 9.87. The van der Waals surface area contributed by atoms with Gasteiger partial charge in [-0.05, 0) is 48.8 Å². The third-order valence-electron chi connectivity index (χ3n) is 5.19. The van der Waals surface area contributed by atoms with Gasteiger partial charge in [0.2, 0.25) is 0 Å². The number of hydrogen-bond acceptors (Lipinski definition) is 4. The number of piperidine rings is 1. The first-order valence-corrected chi connectivity index (χ1v) is 9.20. The number of nitrogens with zero attached hydrogens (tertiary/aromatic N) is 3. The molecule has 0 atom stereocenters. The van der Waals surface area contributed by atoms with E-state index >= 15 is 0 Å². The molecule has 4 nitrogen and oxygen atoms in total. The minimum atomic E-state index is 0.178. The first-order valence-electron chi connectivity index (χ1n) is 9.20. The second kappa shape index (κ2) is 7.03. The second-order valence-electron chi connectivity index (χ2n) is 8.19. The lowest BCUT2D eigenvalue weighted by Crippen LogP contribution is -2.34. The normalized spacial score (nSPS) is 16.2. The van der Waals surface area contributed by atoms with Crippen molar-refractivity contribution in [3.63, 3.8) is 0 Å². The van der Waals surface area contributed by atoms with Gasteiger partial charge in [-0.25, -0.2) is 9.97 Å². The standard InChI is InChI=1S/C21H29N3O/c1-15-19(25)14-22-20(23-15)13-16-9-11-24(12-10-16)18-7-5-17(6-8-18)21(2,3)4/h5-8,14,16,25H,9-13H2,1-4H3. The van der Waals surface area contributed by atoms with Crippen LogP contribution in [0.15, 0.2) is 30.5 Å². The zero-order chi connectivity index (χ0) is 18.0. The lowest BCUT2D eigenvalue weighted by Gasteiger charge is -2.34. The summed E-state index contributed by atoms with van der Waals surface area (Å²) in [5, 5.41) is 9.55. The van der Waals surface area contributed by atoms with Crippen molar-refractivity contribution >= 4 is 5.69 Å². The molecule has 0 unspecified atom stereocenters. The second-order valence-corrected chi connectivity index (χ2v) is 8.19. The van der Waals surface area contributed by atoms with E-state index in [9.17, 15) is 5.11 Å². The Balaban J connectivity index is 1.57. The average molecular weight is 339 g/mol. The van der Waals surface area contributed by atoms with Gasteiger partial charge in [0.1, 0.15) is 5.82 Å². The van der Waals surface area contributed by atoms with Crippen LogP contribution in [-0.4, -0.2) is 28.2 Å². The molecule has 4 heteroatoms. The van der Waals surface area contributed by atoms with E-state index in [-0.39, 0.29) is 11.2 Å². The molecule has 3 rings (SSSR count). The molecule has 1 N–H and O–H groups in total. The molecule has 25 heavy (non-hydrogen) atoms. The minimum absolute atomic E-state index is 0.178. The van der Waals surface area contributed by atoms with Crippen LogP contribution in [-0.2, 0) is 11.8 Å². The van der Waals surface area contributed by atoms with Crippen molar-refractivity contribution in [3.8, 4) is 5.75 Å². The Labute approximate surface area is 150 Å². The van der Waals surface area contributed by atoms with Crippen LogP contribution in [0, 0.1) is 12.8 Å². The molecule has 1 aromatic carbocycles. The molecule has 1 fully saturated rings. The average Bonchev–Trinajstić information content (AvgIpc) is 2.58. The molecule has 1 saturated heterocycles. The number of anilines is 1. The van der Waals surface area contributed by atoms with E-state index in [1.807, 2.05) is 6.92 Å². The highest BCUT2D eigenvalue weighted by molar-refractivity contribution is 5.48. The van der Waals surface area contributed by atoms with Gasteiger partial charge < -0.3 is 10.0 Å². The molecule has 2 heterocycles. The zero-order valence-electron chi connectivity index (χ0n) is 15.8. The van der Waals surface area contributed by atoms with Crippen LogP contribution < -0.4 is 4.90 Å². The molecule has 0 bridgehead atoms. The van der Waals surface area contributed by atoms with Gasteiger partial charge in [-0.3, -0.25) is 0 Å². The minimum Gasteiger partial charge on any atom is -0.504 e. The molecule has 1 aromatic heterocycles. The van der Waals surface area contributed by atoms with E-state index < -0.39 is 0 Å². The summed E-state index contributed by atoms with van der Waals surface area (Å²) >= 11 is 0. The third-order valence-corrected chi connectivity index (χ3v) is 5.19. The van der Waals surface area contributed by atoms with Gasteiger partial charge in [-0.15, -0.1) is 0 Å². The maximum atomic E-state index is 9.55. The Bertz CT molecular complexity index is 711. The smallest absolute Gasteiger partial charge is 0.155 e. The maximum absolute atomic E-state index is 9.55. The van der Waals surface area contributed by atoms with E-state index in [0.717, 1.165) is 38.2 Å². The summed E-state index contributed by atoms with van der Waals surface area (Å²) in [5.41, 5.74) is 3.57. The number of rotatable bonds is 3. The first-order chi connectivity index (χ1) is 11.8. The van der Waals surface area contributed by atoms with Crippen LogP contribution in [0.2, 0.25) is 0 Å². The fraction of sp³-hybridized carbons (Fsp3) is 0.524. The number of aryl methyl sites for hydroxylation is 1. The SMILES string of the molecule is Cc1nc(CC2CCN(c3ccc(C(C)(C)C)cc3)CC2)ncc1O. The maximum Gasteiger partial charge on any atom is 0.155 e. The summed E-state index contributed by atoms with van der Waals surface area (Å²) in [6, 6.07) is 9.03. The number of aromatic hydroxyl groups is 1. The van der Waals surface area contributed by atoms with Crippen molar-refractivity contribution in [2.45, 2.75) is 52.4 Å². The first kappa shape index (κ1) is 17.7. The van der Waals surface area contributed by atoms with Crippen LogP contribution in [0.5, 0.6) is 5.75 Å². The van der Waals surface area contributed by atoms with Crippen LogP contribution in [0.1, 0.15) is 50.7 Å². The molecule has 134 valence electrons. The van der Waals surface area contributed by atoms with E-state index in [0.29, 0.717) is 11.6 Å². The summed E-state index contributed by atoms with van der Waals surface area (Å²) in [6.07, 6.45) is 4.73. The van der Waals surface area contributed by atoms with Gasteiger partial charge in [0.15, 0.2) is 5.75 Å². The van der Waals surface area contributed by atoms with Gasteiger partial charge >= 0.3 is 0 Å². The Morgan fingerprint density at radius 1 is 1.12 bits per heavy atom. The van der Waals surface area contributed by atoms with Crippen LogP contribution in [0.4, 0.5) is 5.69 Å². The van der Waals surface area contributed by atoms with Gasteiger partial charge in [0, 0.05) is 25.2 Å². The van der Waals surface area contributed by atoms with Crippen molar-refractivity contribution in [1.82, 2.24) is 9.97 Å². The van der Waals surface area contributed by atoms with E-state index in [1.54, 1.807) is 0 Å². The summed E-state index contributed by atoms with van der Waals surface area (Å²) in [5.74, 6) is 1.65. The Kier molecular flexibility index (Phi) is 4.98. The Morgan fingerprint density at radius 2 is 1.76 bits per heavy atom. The van der Waals surface area contributed by atoms with Crippen molar-refractivity contribution < 1.29 is 5.11 Å². The van der Waals surface area contributed by atoms with E-state index in [4.69, 9.17) is 0 Å². The predicted octanol–water partition coefficient (Wildman–Crippen LogP) is 4.25. The molecular weight excluding hydrogens is 310 g/mol. The largest absolute Gasteiger partial charge is 0.504 e.